The van der Waals surface area contributed by atoms with Crippen molar-refractivity contribution in [1.82, 2.24) is 10.3 Å². The molecule has 2 heterocycles. The zero-order valence-corrected chi connectivity index (χ0v) is 16.5. The Labute approximate surface area is 171 Å². The van der Waals surface area contributed by atoms with Gasteiger partial charge in [-0.05, 0) is 30.7 Å². The Morgan fingerprint density at radius 1 is 1.24 bits per heavy atom. The fraction of sp³-hybridized carbons (Fsp3) is 0.238. The number of hydrogen-bond donors (Lipinski definition) is 2. The summed E-state index contributed by atoms with van der Waals surface area (Å²) in [6.07, 6.45) is 0.0428. The van der Waals surface area contributed by atoms with Crippen LogP contribution in [-0.2, 0) is 14.4 Å². The van der Waals surface area contributed by atoms with E-state index in [0.29, 0.717) is 11.3 Å². The highest BCUT2D eigenvalue weighted by molar-refractivity contribution is 7.18. The van der Waals surface area contributed by atoms with E-state index in [0.717, 1.165) is 15.2 Å². The van der Waals surface area contributed by atoms with Crippen molar-refractivity contribution in [3.63, 3.8) is 0 Å². The first kappa shape index (κ1) is 19.1. The number of anilines is 1. The molecule has 2 unspecified atom stereocenters. The van der Waals surface area contributed by atoms with Crippen molar-refractivity contribution >= 4 is 45.0 Å². The molecule has 0 spiro atoms. The van der Waals surface area contributed by atoms with Crippen LogP contribution in [0.15, 0.2) is 48.5 Å². The average molecular weight is 409 g/mol. The molecule has 1 aromatic heterocycles. The van der Waals surface area contributed by atoms with Crippen LogP contribution in [0.1, 0.15) is 23.0 Å². The first-order valence-corrected chi connectivity index (χ1v) is 9.99. The number of thiazole rings is 1. The zero-order valence-electron chi connectivity index (χ0n) is 15.7. The molecule has 148 valence electrons. The average Bonchev–Trinajstić information content (AvgIpc) is 3.27. The maximum absolute atomic E-state index is 12.7. The maximum Gasteiger partial charge on any atom is 0.330 e. The minimum absolute atomic E-state index is 0.0428. The highest BCUT2D eigenvalue weighted by Crippen LogP contribution is 2.30. The fourth-order valence-corrected chi connectivity index (χ4v) is 4.33. The van der Waals surface area contributed by atoms with E-state index in [1.165, 1.54) is 0 Å². The number of carboxylic acids is 1. The molecule has 7 nitrogen and oxygen atoms in total. The molecule has 2 N–H and O–H groups in total. The molecule has 1 aliphatic rings. The third-order valence-corrected chi connectivity index (χ3v) is 5.90. The molecule has 1 saturated heterocycles. The van der Waals surface area contributed by atoms with Crippen LogP contribution in [0.4, 0.5) is 5.69 Å². The van der Waals surface area contributed by atoms with Gasteiger partial charge >= 0.3 is 5.97 Å². The number of nitrogens with zero attached hydrogens (tertiary/aromatic N) is 2. The Morgan fingerprint density at radius 3 is 2.72 bits per heavy atom. The molecule has 2 aromatic carbocycles. The van der Waals surface area contributed by atoms with Crippen LogP contribution < -0.4 is 10.2 Å². The van der Waals surface area contributed by atoms with Gasteiger partial charge in [-0.2, -0.15) is 0 Å². The molecule has 4 rings (SSSR count). The van der Waals surface area contributed by atoms with E-state index in [2.05, 4.69) is 10.3 Å². The summed E-state index contributed by atoms with van der Waals surface area (Å²) in [5.41, 5.74) is 2.00. The van der Waals surface area contributed by atoms with Crippen molar-refractivity contribution in [2.75, 3.05) is 11.4 Å². The number of hydrogen-bond acceptors (Lipinski definition) is 5. The Bertz CT molecular complexity index is 1100. The number of aryl methyl sites for hydroxylation is 1. The Morgan fingerprint density at radius 2 is 2.00 bits per heavy atom. The molecule has 0 radical (unpaired) electrons. The Balaban J connectivity index is 1.50. The normalized spacial score (nSPS) is 17.5. The van der Waals surface area contributed by atoms with Crippen LogP contribution in [0.2, 0.25) is 0 Å². The number of carboxylic acid groups (broad SMARTS) is 1. The lowest BCUT2D eigenvalue weighted by Gasteiger charge is -2.19. The van der Waals surface area contributed by atoms with Crippen molar-refractivity contribution < 1.29 is 19.5 Å². The van der Waals surface area contributed by atoms with Crippen molar-refractivity contribution in [2.45, 2.75) is 19.4 Å². The molecule has 2 amide bonds. The Hall–Kier alpha value is -3.26. The molecule has 29 heavy (non-hydrogen) atoms. The molecular formula is C21H19N3O4S. The van der Waals surface area contributed by atoms with Gasteiger partial charge in [-0.25, -0.2) is 9.78 Å². The molecule has 0 saturated carbocycles. The topological polar surface area (TPSA) is 99.6 Å². The minimum Gasteiger partial charge on any atom is -0.479 e. The van der Waals surface area contributed by atoms with Gasteiger partial charge in [0.15, 0.2) is 6.04 Å². The lowest BCUT2D eigenvalue weighted by molar-refractivity contribution is -0.142. The molecule has 1 fully saturated rings. The highest BCUT2D eigenvalue weighted by atomic mass is 32.1. The van der Waals surface area contributed by atoms with E-state index in [1.54, 1.807) is 46.6 Å². The van der Waals surface area contributed by atoms with Gasteiger partial charge in [-0.3, -0.25) is 9.59 Å². The zero-order chi connectivity index (χ0) is 20.5. The predicted molar refractivity (Wildman–Crippen MR) is 110 cm³/mol. The van der Waals surface area contributed by atoms with Gasteiger partial charge in [0.25, 0.3) is 0 Å². The van der Waals surface area contributed by atoms with Gasteiger partial charge in [-0.1, -0.05) is 30.3 Å². The summed E-state index contributed by atoms with van der Waals surface area (Å²) < 4.78 is 1.04. The summed E-state index contributed by atoms with van der Waals surface area (Å²) in [6, 6.07) is 13.0. The molecule has 1 aliphatic heterocycles. The molecule has 3 aromatic rings. The number of carbonyl (C=O) groups excluding carboxylic acids is 2. The van der Waals surface area contributed by atoms with E-state index in [9.17, 15) is 19.5 Å². The third kappa shape index (κ3) is 3.84. The standard InChI is InChI=1S/C21H19N3O4S/c1-12-22-16-10-15(7-8-17(16)29-12)24-11-14(9-18(24)25)20(26)23-19(21(27)28)13-5-3-2-4-6-13/h2-8,10,14,19H,9,11H2,1H3,(H,23,26)(H,27,28). The quantitative estimate of drug-likeness (QED) is 0.675. The first-order chi connectivity index (χ1) is 13.9. The number of nitrogens with one attached hydrogen (secondary N) is 1. The third-order valence-electron chi connectivity index (χ3n) is 4.95. The first-order valence-electron chi connectivity index (χ1n) is 9.18. The number of benzene rings is 2. The van der Waals surface area contributed by atoms with Gasteiger partial charge in [-0.15, -0.1) is 11.3 Å². The monoisotopic (exact) mass is 409 g/mol. The lowest BCUT2D eigenvalue weighted by Crippen LogP contribution is -2.38. The second-order valence-corrected chi connectivity index (χ2v) is 8.22. The number of carbonyl (C=O) groups is 3. The molecule has 0 aliphatic carbocycles. The van der Waals surface area contributed by atoms with Crippen LogP contribution in [0.5, 0.6) is 0 Å². The van der Waals surface area contributed by atoms with Crippen LogP contribution in [0, 0.1) is 12.8 Å². The summed E-state index contributed by atoms with van der Waals surface area (Å²) >= 11 is 1.58. The fourth-order valence-electron chi connectivity index (χ4n) is 3.52. The largest absolute Gasteiger partial charge is 0.479 e. The maximum atomic E-state index is 12.7. The van der Waals surface area contributed by atoms with Gasteiger partial charge in [0.05, 0.1) is 21.1 Å². The van der Waals surface area contributed by atoms with E-state index in [-0.39, 0.29) is 18.9 Å². The van der Waals surface area contributed by atoms with E-state index < -0.39 is 23.8 Å². The van der Waals surface area contributed by atoms with Crippen molar-refractivity contribution in [3.05, 3.63) is 59.1 Å². The SMILES string of the molecule is Cc1nc2cc(N3CC(C(=O)NC(C(=O)O)c4ccccc4)CC3=O)ccc2s1. The number of rotatable bonds is 5. The highest BCUT2D eigenvalue weighted by Gasteiger charge is 2.37. The second kappa shape index (κ2) is 7.63. The lowest BCUT2D eigenvalue weighted by atomic mass is 10.0. The minimum atomic E-state index is -1.15. The van der Waals surface area contributed by atoms with E-state index >= 15 is 0 Å². The number of fused-ring (bicyclic) bond motifs is 1. The van der Waals surface area contributed by atoms with Crippen LogP contribution in [0.3, 0.4) is 0 Å². The van der Waals surface area contributed by atoms with Gasteiger partial charge in [0, 0.05) is 18.7 Å². The predicted octanol–water partition coefficient (Wildman–Crippen LogP) is 2.90. The van der Waals surface area contributed by atoms with Crippen LogP contribution in [-0.4, -0.2) is 34.4 Å². The number of amides is 2. The van der Waals surface area contributed by atoms with Gasteiger partial charge in [0.2, 0.25) is 11.8 Å². The molecular weight excluding hydrogens is 390 g/mol. The van der Waals surface area contributed by atoms with Crippen molar-refractivity contribution in [2.24, 2.45) is 5.92 Å². The van der Waals surface area contributed by atoms with Gasteiger partial charge < -0.3 is 15.3 Å². The van der Waals surface area contributed by atoms with Gasteiger partial charge in [0.1, 0.15) is 0 Å². The molecule has 8 heteroatoms. The second-order valence-electron chi connectivity index (χ2n) is 6.98. The number of aromatic nitrogens is 1. The van der Waals surface area contributed by atoms with E-state index in [4.69, 9.17) is 0 Å². The summed E-state index contributed by atoms with van der Waals surface area (Å²) in [4.78, 5) is 42.9. The summed E-state index contributed by atoms with van der Waals surface area (Å²) in [5, 5.41) is 13.0. The van der Waals surface area contributed by atoms with E-state index in [1.807, 2.05) is 25.1 Å². The van der Waals surface area contributed by atoms with Crippen LogP contribution >= 0.6 is 11.3 Å². The smallest absolute Gasteiger partial charge is 0.330 e. The van der Waals surface area contributed by atoms with Crippen LogP contribution in [0.25, 0.3) is 10.2 Å². The van der Waals surface area contributed by atoms with Crippen molar-refractivity contribution in [3.8, 4) is 0 Å². The summed E-state index contributed by atoms with van der Waals surface area (Å²) in [7, 11) is 0. The Kier molecular flexibility index (Phi) is 5.02. The molecule has 2 atom stereocenters. The number of aliphatic carboxylic acids is 1. The summed E-state index contributed by atoms with van der Waals surface area (Å²) in [6.45, 7) is 2.14. The molecule has 0 bridgehead atoms. The van der Waals surface area contributed by atoms with Crippen molar-refractivity contribution in [1.29, 1.82) is 0 Å². The summed E-state index contributed by atoms with van der Waals surface area (Å²) in [5.74, 6) is -2.36.